The van der Waals surface area contributed by atoms with Crippen molar-refractivity contribution in [3.63, 3.8) is 0 Å². The summed E-state index contributed by atoms with van der Waals surface area (Å²) in [6, 6.07) is 8.97. The Morgan fingerprint density at radius 1 is 0.814 bits per heavy atom. The van der Waals surface area contributed by atoms with E-state index in [4.69, 9.17) is 9.47 Å². The minimum atomic E-state index is -5.00. The normalized spacial score (nSPS) is 13.3. The summed E-state index contributed by atoms with van der Waals surface area (Å²) in [6.07, 6.45) is -8.57. The molecule has 0 atom stereocenters. The lowest BCUT2D eigenvalue weighted by Gasteiger charge is -2.15. The Kier molecular flexibility index (Phi) is 7.58. The first-order valence-corrected chi connectivity index (χ1v) is 12.1. The SMILES string of the molecule is O=c1c(O)c(Nc2cc(C3=NNNN3)cc(-c3ccc(OCCOc4cc(C(F)(F)F)cc(C(F)(F)F)c4)nc3)c2)c1=O. The van der Waals surface area contributed by atoms with Crippen LogP contribution >= 0.6 is 0 Å². The van der Waals surface area contributed by atoms with Crippen molar-refractivity contribution in [1.29, 1.82) is 0 Å². The van der Waals surface area contributed by atoms with E-state index in [9.17, 15) is 41.0 Å². The Bertz CT molecular complexity index is 1730. The molecule has 0 bridgehead atoms. The number of ether oxygens (including phenoxy) is 2. The van der Waals surface area contributed by atoms with E-state index in [2.05, 4.69) is 31.9 Å². The van der Waals surface area contributed by atoms with Gasteiger partial charge in [-0.25, -0.2) is 10.5 Å². The fourth-order valence-electron chi connectivity index (χ4n) is 3.93. The van der Waals surface area contributed by atoms with Gasteiger partial charge >= 0.3 is 12.4 Å². The third kappa shape index (κ3) is 6.45. The first-order chi connectivity index (χ1) is 20.3. The zero-order valence-electron chi connectivity index (χ0n) is 21.4. The lowest BCUT2D eigenvalue weighted by molar-refractivity contribution is -0.143. The van der Waals surface area contributed by atoms with Crippen LogP contribution < -0.4 is 42.1 Å². The molecule has 0 aliphatic carbocycles. The summed E-state index contributed by atoms with van der Waals surface area (Å²) >= 11 is 0. The maximum atomic E-state index is 13.0. The van der Waals surface area contributed by atoms with Crippen LogP contribution in [0, 0.1) is 0 Å². The molecule has 0 unspecified atom stereocenters. The first kappa shape index (κ1) is 29.2. The van der Waals surface area contributed by atoms with Crippen LogP contribution in [-0.4, -0.2) is 29.1 Å². The van der Waals surface area contributed by atoms with Crippen LogP contribution in [-0.2, 0) is 12.4 Å². The zero-order chi connectivity index (χ0) is 30.9. The number of hydrogen-bond acceptors (Lipinski definition) is 11. The van der Waals surface area contributed by atoms with Gasteiger partial charge in [0.1, 0.15) is 24.7 Å². The van der Waals surface area contributed by atoms with Crippen molar-refractivity contribution < 1.29 is 40.9 Å². The molecule has 5 N–H and O–H groups in total. The lowest BCUT2D eigenvalue weighted by atomic mass is 10.0. The van der Waals surface area contributed by atoms with Crippen LogP contribution in [0.1, 0.15) is 16.7 Å². The minimum absolute atomic E-state index is 0.00396. The number of aromatic nitrogens is 1. The molecule has 0 amide bonds. The predicted octanol–water partition coefficient (Wildman–Crippen LogP) is 3.56. The van der Waals surface area contributed by atoms with Crippen LogP contribution in [0.5, 0.6) is 17.4 Å². The molecule has 224 valence electrons. The Balaban J connectivity index is 1.27. The molecule has 0 saturated carbocycles. The van der Waals surface area contributed by atoms with E-state index in [0.717, 1.165) is 0 Å². The highest BCUT2D eigenvalue weighted by Gasteiger charge is 2.37. The molecule has 3 aromatic carbocycles. The van der Waals surface area contributed by atoms with E-state index in [1.807, 2.05) is 0 Å². The fraction of sp³-hybridized carbons (Fsp3) is 0.154. The summed E-state index contributed by atoms with van der Waals surface area (Å²) in [5.74, 6) is -0.833. The fourth-order valence-corrected chi connectivity index (χ4v) is 3.93. The number of aromatic hydroxyl groups is 1. The average Bonchev–Trinajstić information content (AvgIpc) is 3.52. The number of rotatable bonds is 9. The maximum absolute atomic E-state index is 13.0. The largest absolute Gasteiger partial charge is 0.502 e. The van der Waals surface area contributed by atoms with Crippen LogP contribution in [0.2, 0.25) is 0 Å². The number of anilines is 2. The molecule has 0 radical (unpaired) electrons. The number of pyridine rings is 1. The highest BCUT2D eigenvalue weighted by molar-refractivity contribution is 6.01. The van der Waals surface area contributed by atoms with Crippen molar-refractivity contribution >= 4 is 17.2 Å². The number of halogens is 6. The minimum Gasteiger partial charge on any atom is -0.502 e. The molecule has 2 heterocycles. The molecule has 11 nitrogen and oxygen atoms in total. The van der Waals surface area contributed by atoms with Crippen LogP contribution in [0.15, 0.2) is 69.4 Å². The van der Waals surface area contributed by atoms with E-state index in [-0.39, 0.29) is 30.8 Å². The Hall–Kier alpha value is -5.32. The molecular weight excluding hydrogens is 590 g/mol. The van der Waals surface area contributed by atoms with Crippen LogP contribution in [0.3, 0.4) is 0 Å². The molecule has 0 spiro atoms. The van der Waals surface area contributed by atoms with Crippen LogP contribution in [0.25, 0.3) is 11.1 Å². The van der Waals surface area contributed by atoms with Crippen molar-refractivity contribution in [2.45, 2.75) is 12.4 Å². The van der Waals surface area contributed by atoms with Gasteiger partial charge in [0.15, 0.2) is 11.6 Å². The second-order valence-electron chi connectivity index (χ2n) is 8.95. The average molecular weight is 608 g/mol. The summed E-state index contributed by atoms with van der Waals surface area (Å²) in [7, 11) is 0. The Labute approximate surface area is 236 Å². The zero-order valence-corrected chi connectivity index (χ0v) is 21.4. The van der Waals surface area contributed by atoms with Gasteiger partial charge in [0, 0.05) is 29.1 Å². The summed E-state index contributed by atoms with van der Waals surface area (Å²) in [6.45, 7) is -0.620. The number of hydrazine groups is 2. The second kappa shape index (κ2) is 11.2. The van der Waals surface area contributed by atoms with Crippen molar-refractivity contribution in [2.24, 2.45) is 5.10 Å². The molecule has 1 aromatic heterocycles. The summed E-state index contributed by atoms with van der Waals surface area (Å²) in [5.41, 5.74) is 4.76. The number of nitrogens with zero attached hydrogens (tertiary/aromatic N) is 2. The van der Waals surface area contributed by atoms with E-state index in [0.29, 0.717) is 40.3 Å². The van der Waals surface area contributed by atoms with E-state index >= 15 is 0 Å². The molecular formula is C26H18F6N6O5. The molecule has 0 saturated heterocycles. The number of hydrogen-bond donors (Lipinski definition) is 5. The van der Waals surface area contributed by atoms with Gasteiger partial charge in [0.2, 0.25) is 5.88 Å². The van der Waals surface area contributed by atoms with Crippen molar-refractivity contribution in [2.75, 3.05) is 18.5 Å². The number of alkyl halides is 6. The highest BCUT2D eigenvalue weighted by atomic mass is 19.4. The maximum Gasteiger partial charge on any atom is 0.416 e. The quantitative estimate of drug-likeness (QED) is 0.109. The van der Waals surface area contributed by atoms with Gasteiger partial charge in [-0.3, -0.25) is 15.0 Å². The lowest BCUT2D eigenvalue weighted by Crippen LogP contribution is -2.35. The smallest absolute Gasteiger partial charge is 0.416 e. The summed E-state index contributed by atoms with van der Waals surface area (Å²) in [5, 5.41) is 16.5. The topological polar surface area (TPSA) is 146 Å². The van der Waals surface area contributed by atoms with E-state index in [1.54, 1.807) is 24.3 Å². The van der Waals surface area contributed by atoms with Gasteiger partial charge < -0.3 is 19.9 Å². The Morgan fingerprint density at radius 2 is 1.49 bits per heavy atom. The molecule has 43 heavy (non-hydrogen) atoms. The molecule has 4 aromatic rings. The number of benzene rings is 2. The van der Waals surface area contributed by atoms with Crippen LogP contribution in [0.4, 0.5) is 37.7 Å². The number of hydrazone groups is 1. The third-order valence-electron chi connectivity index (χ3n) is 6.00. The Morgan fingerprint density at radius 3 is 2.07 bits per heavy atom. The van der Waals surface area contributed by atoms with Gasteiger partial charge in [0.05, 0.1) is 11.1 Å². The summed E-state index contributed by atoms with van der Waals surface area (Å²) in [4.78, 5) is 27.3. The van der Waals surface area contributed by atoms with Gasteiger partial charge in [-0.15, -0.1) is 10.6 Å². The van der Waals surface area contributed by atoms with Gasteiger partial charge in [-0.05, 0) is 48.0 Å². The van der Waals surface area contributed by atoms with Gasteiger partial charge in [0.25, 0.3) is 10.9 Å². The monoisotopic (exact) mass is 608 g/mol. The molecule has 1 aliphatic heterocycles. The molecule has 1 aliphatic rings. The third-order valence-corrected chi connectivity index (χ3v) is 6.00. The molecule has 0 fully saturated rings. The molecule has 17 heteroatoms. The van der Waals surface area contributed by atoms with Crippen molar-refractivity contribution in [3.05, 3.63) is 91.9 Å². The number of amidine groups is 1. The summed E-state index contributed by atoms with van der Waals surface area (Å²) < 4.78 is 88.7. The first-order valence-electron chi connectivity index (χ1n) is 12.1. The van der Waals surface area contributed by atoms with E-state index in [1.165, 1.54) is 12.3 Å². The molecule has 5 rings (SSSR count). The highest BCUT2D eigenvalue weighted by Crippen LogP contribution is 2.38. The van der Waals surface area contributed by atoms with Crippen molar-refractivity contribution in [1.82, 2.24) is 21.5 Å². The standard InChI is InChI=1S/C26H18F6N6O5/c27-25(28,29)15-8-16(26(30,31)32)10-18(9-15)42-3-4-43-19-2-1-12(11-33-19)13-5-14(24-35-37-38-36-24)7-17(6-13)34-20-21(39)23(41)22(20)40/h1-2,5-11,34,37-39H,3-4H2,(H,35,36). The van der Waals surface area contributed by atoms with E-state index < -0.39 is 45.8 Å². The van der Waals surface area contributed by atoms with Crippen molar-refractivity contribution in [3.8, 4) is 28.5 Å². The second-order valence-corrected chi connectivity index (χ2v) is 8.95. The van der Waals surface area contributed by atoms with Gasteiger partial charge in [-0.1, -0.05) is 0 Å². The predicted molar refractivity (Wildman–Crippen MR) is 139 cm³/mol. The number of nitrogens with one attached hydrogen (secondary N) is 4. The van der Waals surface area contributed by atoms with Gasteiger partial charge in [-0.2, -0.15) is 26.3 Å².